The number of fused-ring (bicyclic) bond motifs is 1. The zero-order chi connectivity index (χ0) is 23.1. The molecule has 0 spiro atoms. The Morgan fingerprint density at radius 2 is 2.03 bits per heavy atom. The number of aliphatic carboxylic acids is 1. The first-order valence-electron chi connectivity index (χ1n) is 10.3. The molecule has 0 aromatic heterocycles. The van der Waals surface area contributed by atoms with E-state index in [1.165, 1.54) is 16.7 Å². The molecule has 1 aliphatic heterocycles. The molecule has 3 rings (SSSR count). The number of hydrogen-bond acceptors (Lipinski definition) is 6. The van der Waals surface area contributed by atoms with Crippen LogP contribution in [0.15, 0.2) is 53.4 Å². The number of nitrogens with zero attached hydrogens (tertiary/aromatic N) is 1. The molecule has 9 heteroatoms. The maximum atomic E-state index is 13.2. The third kappa shape index (κ3) is 6.03. The minimum atomic E-state index is -1.11. The van der Waals surface area contributed by atoms with Gasteiger partial charge >= 0.3 is 11.9 Å². The van der Waals surface area contributed by atoms with E-state index in [1.54, 1.807) is 25.1 Å². The molecule has 0 fully saturated rings. The van der Waals surface area contributed by atoms with Crippen LogP contribution in [-0.2, 0) is 19.1 Å². The molecule has 7 nitrogen and oxygen atoms in total. The average molecular weight is 477 g/mol. The summed E-state index contributed by atoms with van der Waals surface area (Å²) in [5.74, 6) is -1.78. The van der Waals surface area contributed by atoms with Crippen molar-refractivity contribution in [3.63, 3.8) is 0 Å². The van der Waals surface area contributed by atoms with Crippen LogP contribution in [0.25, 0.3) is 0 Å². The molecule has 32 heavy (non-hydrogen) atoms. The topological polar surface area (TPSA) is 95.9 Å². The lowest BCUT2D eigenvalue weighted by molar-refractivity contribution is -0.145. The number of carboxylic acids is 1. The lowest BCUT2D eigenvalue weighted by Gasteiger charge is -2.25. The second kappa shape index (κ2) is 11.4. The fraction of sp³-hybridized carbons (Fsp3) is 0.348. The highest BCUT2D eigenvalue weighted by molar-refractivity contribution is 7.99. The monoisotopic (exact) mass is 476 g/mol. The second-order valence-electron chi connectivity index (χ2n) is 7.25. The van der Waals surface area contributed by atoms with Crippen LogP contribution in [0.2, 0.25) is 5.02 Å². The molecule has 0 radical (unpaired) electrons. The Bertz CT molecular complexity index is 972. The Morgan fingerprint density at radius 3 is 2.72 bits per heavy atom. The summed E-state index contributed by atoms with van der Waals surface area (Å²) in [6.45, 7) is 1.98. The Hall–Kier alpha value is -2.55. The van der Waals surface area contributed by atoms with Crippen LogP contribution < -0.4 is 10.2 Å². The Kier molecular flexibility index (Phi) is 8.55. The summed E-state index contributed by atoms with van der Waals surface area (Å²) in [5.41, 5.74) is 1.34. The van der Waals surface area contributed by atoms with E-state index in [4.69, 9.17) is 16.3 Å². The molecule has 0 bridgehead atoms. The zero-order valence-corrected chi connectivity index (χ0v) is 19.2. The van der Waals surface area contributed by atoms with Gasteiger partial charge in [0.2, 0.25) is 5.91 Å². The SMILES string of the molecule is CCOC(=O)C(CCN[C@H]1CSc2ccc(Cl)cc2N(CC(=O)O)C1=O)c1ccccc1. The molecule has 1 aliphatic rings. The fourth-order valence-electron chi connectivity index (χ4n) is 3.57. The number of amides is 1. The third-order valence-electron chi connectivity index (χ3n) is 5.07. The maximum absolute atomic E-state index is 13.2. The zero-order valence-electron chi connectivity index (χ0n) is 17.6. The highest BCUT2D eigenvalue weighted by Gasteiger charge is 2.32. The molecular weight excluding hydrogens is 452 g/mol. The maximum Gasteiger partial charge on any atom is 0.323 e. The number of halogens is 1. The number of anilines is 1. The van der Waals surface area contributed by atoms with Gasteiger partial charge < -0.3 is 15.2 Å². The number of carbonyl (C=O) groups excluding carboxylic acids is 2. The molecule has 170 valence electrons. The third-order valence-corrected chi connectivity index (χ3v) is 6.46. The number of esters is 1. The molecule has 2 aromatic carbocycles. The van der Waals surface area contributed by atoms with E-state index in [0.29, 0.717) is 29.4 Å². The lowest BCUT2D eigenvalue weighted by atomic mass is 9.95. The number of carbonyl (C=O) groups is 3. The van der Waals surface area contributed by atoms with Gasteiger partial charge in [-0.25, -0.2) is 0 Å². The van der Waals surface area contributed by atoms with Gasteiger partial charge in [0.1, 0.15) is 6.54 Å². The van der Waals surface area contributed by atoms with Crippen molar-refractivity contribution in [3.05, 3.63) is 59.1 Å². The van der Waals surface area contributed by atoms with E-state index >= 15 is 0 Å². The molecule has 0 saturated carbocycles. The molecule has 2 aromatic rings. The van der Waals surface area contributed by atoms with Crippen LogP contribution in [0.5, 0.6) is 0 Å². The summed E-state index contributed by atoms with van der Waals surface area (Å²) in [6.07, 6.45) is 0.439. The van der Waals surface area contributed by atoms with Crippen molar-refractivity contribution in [2.45, 2.75) is 30.2 Å². The number of rotatable bonds is 9. The minimum Gasteiger partial charge on any atom is -0.480 e. The first-order chi connectivity index (χ1) is 15.4. The Morgan fingerprint density at radius 1 is 1.28 bits per heavy atom. The minimum absolute atomic E-state index is 0.290. The van der Waals surface area contributed by atoms with E-state index in [1.807, 2.05) is 30.3 Å². The highest BCUT2D eigenvalue weighted by atomic mass is 35.5. The van der Waals surface area contributed by atoms with Crippen molar-refractivity contribution in [3.8, 4) is 0 Å². The van der Waals surface area contributed by atoms with Crippen molar-refractivity contribution in [1.82, 2.24) is 5.32 Å². The first-order valence-corrected chi connectivity index (χ1v) is 11.7. The quantitative estimate of drug-likeness (QED) is 0.534. The molecule has 2 N–H and O–H groups in total. The summed E-state index contributed by atoms with van der Waals surface area (Å²) in [4.78, 5) is 39.1. The largest absolute Gasteiger partial charge is 0.480 e. The number of thioether (sulfide) groups is 1. The molecule has 0 aliphatic carbocycles. The van der Waals surface area contributed by atoms with Crippen LogP contribution in [0.1, 0.15) is 24.8 Å². The highest BCUT2D eigenvalue weighted by Crippen LogP contribution is 2.36. The van der Waals surface area contributed by atoms with Crippen LogP contribution in [0.4, 0.5) is 5.69 Å². The Labute approximate surface area is 196 Å². The molecule has 0 saturated heterocycles. The van der Waals surface area contributed by atoms with Crippen molar-refractivity contribution in [1.29, 1.82) is 0 Å². The number of carboxylic acid groups (broad SMARTS) is 1. The predicted octanol–water partition coefficient (Wildman–Crippen LogP) is 3.56. The predicted molar refractivity (Wildman–Crippen MR) is 124 cm³/mol. The number of ether oxygens (including phenoxy) is 1. The van der Waals surface area contributed by atoms with E-state index in [0.717, 1.165) is 10.5 Å². The summed E-state index contributed by atoms with van der Waals surface area (Å²) in [6, 6.07) is 13.9. The number of benzene rings is 2. The van der Waals surface area contributed by atoms with Gasteiger partial charge in [-0.3, -0.25) is 19.3 Å². The van der Waals surface area contributed by atoms with E-state index in [2.05, 4.69) is 5.32 Å². The van der Waals surface area contributed by atoms with Crippen molar-refractivity contribution >= 4 is 46.9 Å². The summed E-state index contributed by atoms with van der Waals surface area (Å²) in [7, 11) is 0. The standard InChI is InChI=1S/C23H25ClN2O5S/c1-2-31-23(30)17(15-6-4-3-5-7-15)10-11-25-18-14-32-20-9-8-16(24)12-19(20)26(22(18)29)13-21(27)28/h3-9,12,17-18,25H,2,10-11,13-14H2,1H3,(H,27,28)/t17?,18-/m0/s1. The van der Waals surface area contributed by atoms with Gasteiger partial charge in [0.25, 0.3) is 0 Å². The van der Waals surface area contributed by atoms with Gasteiger partial charge in [0, 0.05) is 15.7 Å². The fourth-order valence-corrected chi connectivity index (χ4v) is 4.82. The van der Waals surface area contributed by atoms with Crippen LogP contribution in [0, 0.1) is 0 Å². The van der Waals surface area contributed by atoms with Crippen LogP contribution in [0.3, 0.4) is 0 Å². The van der Waals surface area contributed by atoms with Crippen molar-refractivity contribution in [2.24, 2.45) is 0 Å². The summed E-state index contributed by atoms with van der Waals surface area (Å²) < 4.78 is 5.23. The number of nitrogens with one attached hydrogen (secondary N) is 1. The first kappa shape index (κ1) is 24.1. The normalized spacial score (nSPS) is 16.8. The average Bonchev–Trinajstić information content (AvgIpc) is 2.89. The van der Waals surface area contributed by atoms with Gasteiger partial charge in [-0.2, -0.15) is 0 Å². The van der Waals surface area contributed by atoms with Crippen molar-refractivity contribution < 1.29 is 24.2 Å². The summed E-state index contributed by atoms with van der Waals surface area (Å²) >= 11 is 7.56. The van der Waals surface area contributed by atoms with Gasteiger partial charge in [-0.1, -0.05) is 41.9 Å². The van der Waals surface area contributed by atoms with Gasteiger partial charge in [0.05, 0.1) is 24.3 Å². The second-order valence-corrected chi connectivity index (χ2v) is 8.75. The van der Waals surface area contributed by atoms with E-state index in [-0.39, 0.29) is 18.5 Å². The smallest absolute Gasteiger partial charge is 0.323 e. The molecule has 1 amide bonds. The van der Waals surface area contributed by atoms with E-state index < -0.39 is 24.5 Å². The van der Waals surface area contributed by atoms with Crippen LogP contribution in [-0.4, -0.2) is 54.4 Å². The van der Waals surface area contributed by atoms with E-state index in [9.17, 15) is 19.5 Å². The summed E-state index contributed by atoms with van der Waals surface area (Å²) in [5, 5.41) is 13.0. The van der Waals surface area contributed by atoms with Crippen LogP contribution >= 0.6 is 23.4 Å². The van der Waals surface area contributed by atoms with Gasteiger partial charge in [-0.15, -0.1) is 11.8 Å². The molecule has 1 unspecified atom stereocenters. The molecule has 2 atom stereocenters. The Balaban J connectivity index is 1.73. The molecule has 1 heterocycles. The van der Waals surface area contributed by atoms with Gasteiger partial charge in [0.15, 0.2) is 0 Å². The van der Waals surface area contributed by atoms with Crippen molar-refractivity contribution in [2.75, 3.05) is 30.3 Å². The van der Waals surface area contributed by atoms with Gasteiger partial charge in [-0.05, 0) is 43.7 Å². The number of hydrogen-bond donors (Lipinski definition) is 2. The molecular formula is C23H25ClN2O5S. The lowest BCUT2D eigenvalue weighted by Crippen LogP contribution is -2.49.